The first-order chi connectivity index (χ1) is 8.33. The third kappa shape index (κ3) is 1.87. The molecule has 82 valence electrons. The van der Waals surface area contributed by atoms with E-state index in [1.54, 1.807) is 0 Å². The van der Waals surface area contributed by atoms with Crippen molar-refractivity contribution in [1.29, 1.82) is 0 Å². The number of benzene rings is 2. The van der Waals surface area contributed by atoms with Crippen LogP contribution in [0.15, 0.2) is 54.6 Å². The highest BCUT2D eigenvalue weighted by atomic mass is 14.5. The predicted molar refractivity (Wildman–Crippen MR) is 74.2 cm³/mol. The van der Waals surface area contributed by atoms with Gasteiger partial charge in [0.15, 0.2) is 0 Å². The summed E-state index contributed by atoms with van der Waals surface area (Å²) in [6.07, 6.45) is 6.46. The summed E-state index contributed by atoms with van der Waals surface area (Å²) in [7, 11) is 0. The van der Waals surface area contributed by atoms with Crippen molar-refractivity contribution in [2.75, 3.05) is 5.73 Å². The molecule has 0 fully saturated rings. The van der Waals surface area contributed by atoms with E-state index < -0.39 is 0 Å². The predicted octanol–water partition coefficient (Wildman–Crippen LogP) is 3.84. The summed E-state index contributed by atoms with van der Waals surface area (Å²) in [5.41, 5.74) is 11.5. The van der Waals surface area contributed by atoms with Gasteiger partial charge in [-0.2, -0.15) is 0 Å². The van der Waals surface area contributed by atoms with Crippen molar-refractivity contribution < 1.29 is 0 Å². The lowest BCUT2D eigenvalue weighted by atomic mass is 10.0. The van der Waals surface area contributed by atoms with Gasteiger partial charge >= 0.3 is 0 Å². The van der Waals surface area contributed by atoms with Gasteiger partial charge in [-0.3, -0.25) is 0 Å². The molecule has 0 bridgehead atoms. The number of rotatable bonds is 1. The fourth-order valence-electron chi connectivity index (χ4n) is 2.13. The first-order valence-electron chi connectivity index (χ1n) is 5.68. The molecular weight excluding hydrogens is 206 g/mol. The maximum absolute atomic E-state index is 5.78. The minimum Gasteiger partial charge on any atom is -0.399 e. The van der Waals surface area contributed by atoms with Crippen molar-refractivity contribution in [3.05, 3.63) is 71.3 Å². The van der Waals surface area contributed by atoms with Gasteiger partial charge in [0.05, 0.1) is 0 Å². The Morgan fingerprint density at radius 1 is 0.882 bits per heavy atom. The van der Waals surface area contributed by atoms with Crippen LogP contribution in [0.2, 0.25) is 0 Å². The number of anilines is 1. The minimum atomic E-state index is 0.801. The molecule has 0 unspecified atom stereocenters. The fourth-order valence-corrected chi connectivity index (χ4v) is 2.13. The minimum absolute atomic E-state index is 0.801. The van der Waals surface area contributed by atoms with Crippen molar-refractivity contribution in [3.8, 4) is 0 Å². The largest absolute Gasteiger partial charge is 0.399 e. The molecule has 0 spiro atoms. The normalized spacial score (nSPS) is 15.2. The molecule has 1 nitrogen and oxygen atoms in total. The number of nitrogens with two attached hydrogens (primary N) is 1. The van der Waals surface area contributed by atoms with E-state index in [1.807, 2.05) is 18.2 Å². The third-order valence-electron chi connectivity index (χ3n) is 2.95. The number of hydrogen-bond acceptors (Lipinski definition) is 1. The van der Waals surface area contributed by atoms with Gasteiger partial charge in [-0.1, -0.05) is 48.6 Å². The van der Waals surface area contributed by atoms with Crippen molar-refractivity contribution in [1.82, 2.24) is 0 Å². The van der Waals surface area contributed by atoms with Crippen LogP contribution >= 0.6 is 0 Å². The van der Waals surface area contributed by atoms with Crippen LogP contribution in [0.5, 0.6) is 0 Å². The van der Waals surface area contributed by atoms with Crippen LogP contribution in [0.4, 0.5) is 5.69 Å². The standard InChI is InChI=1S/C16H13N/c17-15-6-3-4-12(11-15)10-14-9-8-13-5-1-2-7-16(13)14/h1-11H,17H2/b14-10+. The van der Waals surface area contributed by atoms with Crippen molar-refractivity contribution >= 4 is 23.4 Å². The summed E-state index contributed by atoms with van der Waals surface area (Å²) in [4.78, 5) is 0. The van der Waals surface area contributed by atoms with E-state index in [4.69, 9.17) is 5.73 Å². The summed E-state index contributed by atoms with van der Waals surface area (Å²) in [5.74, 6) is 0. The Balaban J connectivity index is 2.05. The van der Waals surface area contributed by atoms with Gasteiger partial charge in [0, 0.05) is 5.69 Å². The second-order valence-electron chi connectivity index (χ2n) is 4.19. The third-order valence-corrected chi connectivity index (χ3v) is 2.95. The van der Waals surface area contributed by atoms with E-state index in [2.05, 4.69) is 48.6 Å². The zero-order valence-electron chi connectivity index (χ0n) is 9.43. The average molecular weight is 219 g/mol. The fraction of sp³-hybridized carbons (Fsp3) is 0. The van der Waals surface area contributed by atoms with Crippen LogP contribution in [0.1, 0.15) is 16.7 Å². The molecule has 1 heteroatoms. The number of nitrogen functional groups attached to an aromatic ring is 1. The zero-order chi connectivity index (χ0) is 11.7. The van der Waals surface area contributed by atoms with Crippen LogP contribution in [0.25, 0.3) is 17.7 Å². The molecular formula is C16H13N. The summed E-state index contributed by atoms with van der Waals surface area (Å²) in [5, 5.41) is 0. The monoisotopic (exact) mass is 219 g/mol. The Morgan fingerprint density at radius 3 is 2.65 bits per heavy atom. The highest BCUT2D eigenvalue weighted by Gasteiger charge is 2.08. The van der Waals surface area contributed by atoms with E-state index in [-0.39, 0.29) is 0 Å². The van der Waals surface area contributed by atoms with Gasteiger partial charge in [0.2, 0.25) is 0 Å². The van der Waals surface area contributed by atoms with Gasteiger partial charge in [-0.25, -0.2) is 0 Å². The molecule has 0 aliphatic heterocycles. The Morgan fingerprint density at radius 2 is 1.76 bits per heavy atom. The quantitative estimate of drug-likeness (QED) is 0.724. The first-order valence-corrected chi connectivity index (χ1v) is 5.68. The highest BCUT2D eigenvalue weighted by molar-refractivity contribution is 5.97. The van der Waals surface area contributed by atoms with Gasteiger partial charge in [-0.05, 0) is 40.5 Å². The molecule has 2 aromatic carbocycles. The summed E-state index contributed by atoms with van der Waals surface area (Å²) in [6.45, 7) is 0. The van der Waals surface area contributed by atoms with Gasteiger partial charge < -0.3 is 5.73 Å². The topological polar surface area (TPSA) is 26.0 Å². The lowest BCUT2D eigenvalue weighted by Gasteiger charge is -2.01. The van der Waals surface area contributed by atoms with Crippen LogP contribution < -0.4 is 5.73 Å². The second-order valence-corrected chi connectivity index (χ2v) is 4.19. The molecule has 0 amide bonds. The van der Waals surface area contributed by atoms with Crippen LogP contribution in [0, 0.1) is 0 Å². The molecule has 2 aromatic rings. The first kappa shape index (κ1) is 9.91. The Bertz CT molecular complexity index is 621. The van der Waals surface area contributed by atoms with Crippen LogP contribution in [-0.2, 0) is 0 Å². The summed E-state index contributed by atoms with van der Waals surface area (Å²) in [6, 6.07) is 16.3. The molecule has 3 rings (SSSR count). The highest BCUT2D eigenvalue weighted by Crippen LogP contribution is 2.30. The van der Waals surface area contributed by atoms with Gasteiger partial charge in [0.25, 0.3) is 0 Å². The molecule has 1 aliphatic rings. The Hall–Kier alpha value is -2.28. The van der Waals surface area contributed by atoms with E-state index in [1.165, 1.54) is 16.7 Å². The van der Waals surface area contributed by atoms with Crippen molar-refractivity contribution in [3.63, 3.8) is 0 Å². The molecule has 17 heavy (non-hydrogen) atoms. The van der Waals surface area contributed by atoms with E-state index in [0.717, 1.165) is 11.3 Å². The van der Waals surface area contributed by atoms with E-state index in [0.29, 0.717) is 0 Å². The Labute approximate surface area is 101 Å². The summed E-state index contributed by atoms with van der Waals surface area (Å²) >= 11 is 0. The molecule has 1 aliphatic carbocycles. The summed E-state index contributed by atoms with van der Waals surface area (Å²) < 4.78 is 0. The number of allylic oxidation sites excluding steroid dienone is 2. The SMILES string of the molecule is Nc1cccc(/C=C2\C=Cc3ccccc32)c1. The average Bonchev–Trinajstić information content (AvgIpc) is 2.73. The molecule has 0 heterocycles. The molecule has 0 radical (unpaired) electrons. The van der Waals surface area contributed by atoms with Crippen LogP contribution in [-0.4, -0.2) is 0 Å². The second kappa shape index (κ2) is 3.95. The van der Waals surface area contributed by atoms with Crippen LogP contribution in [0.3, 0.4) is 0 Å². The molecule has 0 aromatic heterocycles. The molecule has 2 N–H and O–H groups in total. The maximum atomic E-state index is 5.78. The lowest BCUT2D eigenvalue weighted by Crippen LogP contribution is -1.85. The number of fused-ring (bicyclic) bond motifs is 1. The molecule has 0 saturated heterocycles. The van der Waals surface area contributed by atoms with Crippen molar-refractivity contribution in [2.45, 2.75) is 0 Å². The van der Waals surface area contributed by atoms with Gasteiger partial charge in [-0.15, -0.1) is 0 Å². The molecule has 0 atom stereocenters. The smallest absolute Gasteiger partial charge is 0.0319 e. The number of hydrogen-bond donors (Lipinski definition) is 1. The maximum Gasteiger partial charge on any atom is 0.0319 e. The van der Waals surface area contributed by atoms with Crippen molar-refractivity contribution in [2.24, 2.45) is 0 Å². The van der Waals surface area contributed by atoms with Gasteiger partial charge in [0.1, 0.15) is 0 Å². The molecule has 0 saturated carbocycles. The lowest BCUT2D eigenvalue weighted by molar-refractivity contribution is 1.61. The van der Waals surface area contributed by atoms with E-state index >= 15 is 0 Å². The Kier molecular flexibility index (Phi) is 2.30. The van der Waals surface area contributed by atoms with E-state index in [9.17, 15) is 0 Å². The zero-order valence-corrected chi connectivity index (χ0v) is 9.43.